The number of carbonyl (C=O) groups is 1. The first-order valence-corrected chi connectivity index (χ1v) is 13.4. The van der Waals surface area contributed by atoms with Crippen molar-refractivity contribution in [2.24, 2.45) is 0 Å². The predicted molar refractivity (Wildman–Crippen MR) is 147 cm³/mol. The van der Waals surface area contributed by atoms with Gasteiger partial charge in [-0.1, -0.05) is 0 Å². The highest BCUT2D eigenvalue weighted by Crippen LogP contribution is 2.41. The molecule has 0 unspecified atom stereocenters. The number of aldehydes is 1. The molecule has 0 spiro atoms. The van der Waals surface area contributed by atoms with E-state index in [1.54, 1.807) is 4.90 Å². The highest BCUT2D eigenvalue weighted by atomic mass is 32.1. The molecule has 1 saturated carbocycles. The maximum absolute atomic E-state index is 13.6. The third-order valence-electron chi connectivity index (χ3n) is 7.64. The van der Waals surface area contributed by atoms with Crippen molar-refractivity contribution in [1.82, 2.24) is 9.88 Å². The molecule has 0 bridgehead atoms. The van der Waals surface area contributed by atoms with Crippen molar-refractivity contribution in [2.75, 3.05) is 29.9 Å². The van der Waals surface area contributed by atoms with Crippen molar-refractivity contribution in [3.63, 3.8) is 0 Å². The maximum Gasteiger partial charge on any atom is 0.419 e. The quantitative estimate of drug-likeness (QED) is 0.322. The van der Waals surface area contributed by atoms with E-state index in [0.29, 0.717) is 30.3 Å². The maximum atomic E-state index is 13.6. The molecule has 39 heavy (non-hydrogen) atoms. The smallest absolute Gasteiger partial charge is 0.419 e. The highest BCUT2D eigenvalue weighted by Gasteiger charge is 2.45. The van der Waals surface area contributed by atoms with E-state index in [0.717, 1.165) is 44.7 Å². The van der Waals surface area contributed by atoms with Gasteiger partial charge in [0.2, 0.25) is 0 Å². The predicted octanol–water partition coefficient (Wildman–Crippen LogP) is 5.57. The lowest BCUT2D eigenvalue weighted by atomic mass is 9.76. The molecule has 2 aromatic rings. The molecule has 2 aliphatic rings. The van der Waals surface area contributed by atoms with Crippen LogP contribution < -0.4 is 14.5 Å². The number of likely N-dealkylation sites (tertiary alicyclic amines) is 1. The zero-order valence-electron chi connectivity index (χ0n) is 22.2. The van der Waals surface area contributed by atoms with E-state index >= 15 is 0 Å². The third kappa shape index (κ3) is 6.02. The van der Waals surface area contributed by atoms with Crippen molar-refractivity contribution in [3.05, 3.63) is 47.8 Å². The Balaban J connectivity index is 1.57. The zero-order chi connectivity index (χ0) is 28.4. The number of benzene rings is 1. The number of hydrogen-bond acceptors (Lipinski definition) is 6. The fourth-order valence-electron chi connectivity index (χ4n) is 5.07. The van der Waals surface area contributed by atoms with Crippen LogP contribution in [-0.4, -0.2) is 59.1 Å². The number of ether oxygens (including phenoxy) is 1. The van der Waals surface area contributed by atoms with Crippen LogP contribution in [0.5, 0.6) is 5.75 Å². The Hall–Kier alpha value is -3.23. The molecule has 1 aliphatic carbocycles. The normalized spacial score (nSPS) is 17.7. The van der Waals surface area contributed by atoms with Gasteiger partial charge in [-0.05, 0) is 88.5 Å². The number of hydrogen-bond donors (Lipinski definition) is 0. The number of nitrogens with zero attached hydrogens (tertiary/aromatic N) is 5. The monoisotopic (exact) mass is 559 g/mol. The third-order valence-corrected chi connectivity index (χ3v) is 8.10. The fourth-order valence-corrected chi connectivity index (χ4v) is 5.46. The second kappa shape index (κ2) is 11.5. The summed E-state index contributed by atoms with van der Waals surface area (Å²) >= 11 is 5.75. The molecule has 1 aromatic carbocycles. The lowest BCUT2D eigenvalue weighted by Crippen LogP contribution is -2.60. The number of rotatable bonds is 7. The van der Waals surface area contributed by atoms with Crippen LogP contribution in [0, 0.1) is 11.3 Å². The summed E-state index contributed by atoms with van der Waals surface area (Å²) in [4.78, 5) is 21.5. The van der Waals surface area contributed by atoms with Crippen molar-refractivity contribution in [3.8, 4) is 11.8 Å². The van der Waals surface area contributed by atoms with Gasteiger partial charge in [-0.2, -0.15) is 18.4 Å². The van der Waals surface area contributed by atoms with Gasteiger partial charge in [0.25, 0.3) is 0 Å². The summed E-state index contributed by atoms with van der Waals surface area (Å²) in [7, 11) is 1.52. The number of halogens is 3. The van der Waals surface area contributed by atoms with Crippen LogP contribution in [0.4, 0.5) is 24.5 Å². The van der Waals surface area contributed by atoms with Gasteiger partial charge in [0, 0.05) is 31.9 Å². The Morgan fingerprint density at radius 2 is 1.87 bits per heavy atom. The van der Waals surface area contributed by atoms with Gasteiger partial charge in [0.15, 0.2) is 10.8 Å². The number of aromatic nitrogens is 1. The minimum absolute atomic E-state index is 0.0596. The molecule has 11 heteroatoms. The first-order chi connectivity index (χ1) is 18.5. The number of anilines is 2. The van der Waals surface area contributed by atoms with Gasteiger partial charge in [-0.25, -0.2) is 4.98 Å². The highest BCUT2D eigenvalue weighted by molar-refractivity contribution is 7.80. The summed E-state index contributed by atoms with van der Waals surface area (Å²) < 4.78 is 46.9. The first kappa shape index (κ1) is 28.8. The average Bonchev–Trinajstić information content (AvgIpc) is 2.90. The molecule has 0 radical (unpaired) electrons. The van der Waals surface area contributed by atoms with Crippen LogP contribution in [0.3, 0.4) is 0 Å². The molecule has 0 atom stereocenters. The van der Waals surface area contributed by atoms with E-state index in [4.69, 9.17) is 22.2 Å². The Kier molecular flexibility index (Phi) is 8.47. The van der Waals surface area contributed by atoms with Crippen LogP contribution in [0.15, 0.2) is 36.5 Å². The van der Waals surface area contributed by atoms with E-state index in [9.17, 15) is 18.0 Å². The molecule has 2 heterocycles. The molecule has 0 amide bonds. The van der Waals surface area contributed by atoms with E-state index < -0.39 is 23.0 Å². The van der Waals surface area contributed by atoms with E-state index in [2.05, 4.69) is 23.7 Å². The Morgan fingerprint density at radius 1 is 1.23 bits per heavy atom. The minimum Gasteiger partial charge on any atom is -0.490 e. The SMILES string of the molecule is CC(C)N1CCC(Oc2ccc(N(C(=S)N(C)c3cnc(C#N)c(C(F)(F)F)c3)C3(C=O)CCC3)cc2)CC1. The standard InChI is InChI=1S/C28H32F3N5O2S/c1-19(2)35-13-9-23(10-14-35)38-22-7-5-20(6-8-22)36(27(18-37)11-4-12-27)26(39)34(3)21-15-24(28(29,30)31)25(16-32)33-17-21/h5-8,15,17-19,23H,4,9-14H2,1-3H3. The molecular formula is C28H32F3N5O2S. The first-order valence-electron chi connectivity index (χ1n) is 13.0. The van der Waals surface area contributed by atoms with Crippen LogP contribution in [-0.2, 0) is 11.0 Å². The lowest BCUT2D eigenvalue weighted by Gasteiger charge is -2.48. The molecule has 2 fully saturated rings. The Bertz CT molecular complexity index is 1230. The summed E-state index contributed by atoms with van der Waals surface area (Å²) in [6.07, 6.45) is 1.24. The number of thiocarbonyl (C=S) groups is 1. The summed E-state index contributed by atoms with van der Waals surface area (Å²) in [5.74, 6) is 0.709. The van der Waals surface area contributed by atoms with Gasteiger partial charge < -0.3 is 24.2 Å². The number of nitriles is 1. The number of piperidine rings is 1. The second-order valence-electron chi connectivity index (χ2n) is 10.4. The minimum atomic E-state index is -4.75. The fraction of sp³-hybridized carbons (Fsp3) is 0.500. The van der Waals surface area contributed by atoms with Gasteiger partial charge in [-0.15, -0.1) is 0 Å². The van der Waals surface area contributed by atoms with Crippen molar-refractivity contribution >= 4 is 35.0 Å². The molecule has 0 N–H and O–H groups in total. The number of carbonyl (C=O) groups excluding carboxylic acids is 1. The van der Waals surface area contributed by atoms with Crippen LogP contribution >= 0.6 is 12.2 Å². The van der Waals surface area contributed by atoms with Gasteiger partial charge >= 0.3 is 6.18 Å². The van der Waals surface area contributed by atoms with Gasteiger partial charge in [0.05, 0.1) is 17.4 Å². The largest absolute Gasteiger partial charge is 0.490 e. The molecule has 1 aromatic heterocycles. The van der Waals surface area contributed by atoms with Crippen molar-refractivity contribution in [2.45, 2.75) is 69.8 Å². The Morgan fingerprint density at radius 3 is 2.36 bits per heavy atom. The summed E-state index contributed by atoms with van der Waals surface area (Å²) in [5.41, 5.74) is -2.05. The second-order valence-corrected chi connectivity index (χ2v) is 10.8. The van der Waals surface area contributed by atoms with Crippen LogP contribution in [0.25, 0.3) is 0 Å². The van der Waals surface area contributed by atoms with E-state index in [-0.39, 0.29) is 16.9 Å². The molecule has 208 valence electrons. The van der Waals surface area contributed by atoms with Crippen molar-refractivity contribution in [1.29, 1.82) is 5.26 Å². The number of alkyl halides is 3. The van der Waals surface area contributed by atoms with Gasteiger partial charge in [-0.3, -0.25) is 0 Å². The topological polar surface area (TPSA) is 72.7 Å². The number of pyridine rings is 1. The molecule has 1 aliphatic heterocycles. The van der Waals surface area contributed by atoms with Crippen LogP contribution in [0.1, 0.15) is 57.2 Å². The summed E-state index contributed by atoms with van der Waals surface area (Å²) in [5, 5.41) is 9.23. The lowest BCUT2D eigenvalue weighted by molar-refractivity contribution is -0.138. The van der Waals surface area contributed by atoms with E-state index in [1.165, 1.54) is 24.2 Å². The molecule has 4 rings (SSSR count). The average molecular weight is 560 g/mol. The van der Waals surface area contributed by atoms with E-state index in [1.807, 2.05) is 24.3 Å². The molecule has 7 nitrogen and oxygen atoms in total. The molecule has 1 saturated heterocycles. The van der Waals surface area contributed by atoms with Gasteiger partial charge in [0.1, 0.15) is 29.7 Å². The van der Waals surface area contributed by atoms with Crippen LogP contribution in [0.2, 0.25) is 0 Å². The summed E-state index contributed by atoms with van der Waals surface area (Å²) in [6.45, 7) is 6.34. The zero-order valence-corrected chi connectivity index (χ0v) is 23.1. The summed E-state index contributed by atoms with van der Waals surface area (Å²) in [6, 6.07) is 10.2. The Labute approximate surface area is 232 Å². The van der Waals surface area contributed by atoms with Crippen molar-refractivity contribution < 1.29 is 22.7 Å². The molecular weight excluding hydrogens is 527 g/mol.